The molecule has 2 rings (SSSR count). The molecule has 0 amide bonds. The van der Waals surface area contributed by atoms with E-state index in [0.29, 0.717) is 19.0 Å². The van der Waals surface area contributed by atoms with Gasteiger partial charge in [0.15, 0.2) is 5.96 Å². The SMILES string of the molecule is CN=C(NCc1ncnn1C)NCC(C)Oc1ccc(C)cc1.I. The van der Waals surface area contributed by atoms with E-state index in [2.05, 4.69) is 32.6 Å². The Morgan fingerprint density at radius 2 is 2.00 bits per heavy atom. The highest BCUT2D eigenvalue weighted by Gasteiger charge is 2.07. The highest BCUT2D eigenvalue weighted by Crippen LogP contribution is 2.12. The smallest absolute Gasteiger partial charge is 0.191 e. The Morgan fingerprint density at radius 1 is 1.29 bits per heavy atom. The Balaban J connectivity index is 0.00000288. The van der Waals surface area contributed by atoms with Crippen LogP contribution in [0.4, 0.5) is 0 Å². The lowest BCUT2D eigenvalue weighted by Crippen LogP contribution is -2.41. The molecular weight excluding hydrogens is 419 g/mol. The molecule has 2 N–H and O–H groups in total. The van der Waals surface area contributed by atoms with Crippen LogP contribution in [0.5, 0.6) is 5.75 Å². The molecule has 0 bridgehead atoms. The van der Waals surface area contributed by atoms with Crippen molar-refractivity contribution in [1.82, 2.24) is 25.4 Å². The fraction of sp³-hybridized carbons (Fsp3) is 0.438. The molecule has 1 heterocycles. The van der Waals surface area contributed by atoms with E-state index in [4.69, 9.17) is 4.74 Å². The second kappa shape index (κ2) is 10.1. The number of aryl methyl sites for hydroxylation is 2. The van der Waals surface area contributed by atoms with Crippen molar-refractivity contribution in [3.05, 3.63) is 42.0 Å². The molecule has 1 aromatic carbocycles. The fourth-order valence-corrected chi connectivity index (χ4v) is 1.99. The first-order valence-electron chi connectivity index (χ1n) is 7.59. The van der Waals surface area contributed by atoms with Gasteiger partial charge in [-0.1, -0.05) is 17.7 Å². The van der Waals surface area contributed by atoms with Gasteiger partial charge in [0.1, 0.15) is 24.0 Å². The van der Waals surface area contributed by atoms with Gasteiger partial charge in [-0.2, -0.15) is 5.10 Å². The zero-order chi connectivity index (χ0) is 16.7. The molecule has 2 aromatic rings. The van der Waals surface area contributed by atoms with E-state index < -0.39 is 0 Å². The van der Waals surface area contributed by atoms with Crippen LogP contribution in [0, 0.1) is 6.92 Å². The van der Waals surface area contributed by atoms with Gasteiger partial charge in [-0.05, 0) is 26.0 Å². The van der Waals surface area contributed by atoms with Crippen molar-refractivity contribution in [3.8, 4) is 5.75 Å². The molecule has 1 aromatic heterocycles. The standard InChI is InChI=1S/C16H24N6O.HI/c1-12-5-7-14(8-6-12)23-13(2)9-18-16(17-3)19-10-15-20-11-21-22(15)4;/h5-8,11,13H,9-10H2,1-4H3,(H2,17,18,19);1H. The number of nitrogens with one attached hydrogen (secondary N) is 2. The van der Waals surface area contributed by atoms with Gasteiger partial charge in [0, 0.05) is 14.1 Å². The molecule has 0 saturated heterocycles. The van der Waals surface area contributed by atoms with Crippen molar-refractivity contribution in [2.24, 2.45) is 12.0 Å². The molecule has 0 radical (unpaired) electrons. The van der Waals surface area contributed by atoms with E-state index in [0.717, 1.165) is 11.6 Å². The Hall–Kier alpha value is -1.84. The van der Waals surface area contributed by atoms with Gasteiger partial charge in [0.25, 0.3) is 0 Å². The molecule has 0 aliphatic carbocycles. The molecule has 1 atom stereocenters. The van der Waals surface area contributed by atoms with E-state index in [1.807, 2.05) is 38.2 Å². The number of hydrogen-bond acceptors (Lipinski definition) is 4. The molecular formula is C16H25IN6O. The van der Waals surface area contributed by atoms with Crippen LogP contribution in [0.3, 0.4) is 0 Å². The molecule has 0 fully saturated rings. The number of nitrogens with zero attached hydrogens (tertiary/aromatic N) is 4. The third-order valence-corrected chi connectivity index (χ3v) is 3.36. The van der Waals surface area contributed by atoms with E-state index in [-0.39, 0.29) is 30.1 Å². The van der Waals surface area contributed by atoms with Crippen LogP contribution < -0.4 is 15.4 Å². The summed E-state index contributed by atoms with van der Waals surface area (Å²) in [4.78, 5) is 8.35. The summed E-state index contributed by atoms with van der Waals surface area (Å²) in [5.41, 5.74) is 1.22. The van der Waals surface area contributed by atoms with Crippen molar-refractivity contribution >= 4 is 29.9 Å². The lowest BCUT2D eigenvalue weighted by Gasteiger charge is -2.17. The second-order valence-electron chi connectivity index (χ2n) is 5.35. The number of hydrogen-bond donors (Lipinski definition) is 2. The maximum atomic E-state index is 5.86. The van der Waals surface area contributed by atoms with Crippen molar-refractivity contribution in [3.63, 3.8) is 0 Å². The van der Waals surface area contributed by atoms with Gasteiger partial charge in [-0.25, -0.2) is 4.98 Å². The minimum atomic E-state index is 0. The van der Waals surface area contributed by atoms with Gasteiger partial charge in [-0.15, -0.1) is 24.0 Å². The van der Waals surface area contributed by atoms with Gasteiger partial charge in [0.2, 0.25) is 0 Å². The minimum absolute atomic E-state index is 0. The van der Waals surface area contributed by atoms with Gasteiger partial charge >= 0.3 is 0 Å². The first-order valence-corrected chi connectivity index (χ1v) is 7.59. The highest BCUT2D eigenvalue weighted by atomic mass is 127. The van der Waals surface area contributed by atoms with Crippen LogP contribution in [0.15, 0.2) is 35.6 Å². The van der Waals surface area contributed by atoms with Crippen molar-refractivity contribution in [2.75, 3.05) is 13.6 Å². The molecule has 24 heavy (non-hydrogen) atoms. The number of halogens is 1. The average molecular weight is 444 g/mol. The normalized spacial score (nSPS) is 12.2. The molecule has 132 valence electrons. The third-order valence-electron chi connectivity index (χ3n) is 3.36. The van der Waals surface area contributed by atoms with E-state index in [1.54, 1.807) is 11.7 Å². The van der Waals surface area contributed by atoms with Gasteiger partial charge in [-0.3, -0.25) is 9.67 Å². The topological polar surface area (TPSA) is 76.4 Å². The molecule has 0 saturated carbocycles. The summed E-state index contributed by atoms with van der Waals surface area (Å²) in [5.74, 6) is 2.41. The van der Waals surface area contributed by atoms with E-state index >= 15 is 0 Å². The largest absolute Gasteiger partial charge is 0.489 e. The first kappa shape index (κ1) is 20.2. The van der Waals surface area contributed by atoms with Crippen LogP contribution in [-0.4, -0.2) is 40.4 Å². The first-order chi connectivity index (χ1) is 11.1. The second-order valence-corrected chi connectivity index (χ2v) is 5.35. The van der Waals surface area contributed by atoms with E-state index in [9.17, 15) is 0 Å². The maximum absolute atomic E-state index is 5.86. The zero-order valence-electron chi connectivity index (χ0n) is 14.5. The Kier molecular flexibility index (Phi) is 8.51. The predicted molar refractivity (Wildman–Crippen MR) is 106 cm³/mol. The number of benzene rings is 1. The minimum Gasteiger partial charge on any atom is -0.489 e. The van der Waals surface area contributed by atoms with Gasteiger partial charge in [0.05, 0.1) is 13.1 Å². The Labute approximate surface area is 159 Å². The number of ether oxygens (including phenoxy) is 1. The lowest BCUT2D eigenvalue weighted by molar-refractivity contribution is 0.224. The van der Waals surface area contributed by atoms with Crippen molar-refractivity contribution in [2.45, 2.75) is 26.5 Å². The van der Waals surface area contributed by atoms with Crippen molar-refractivity contribution < 1.29 is 4.74 Å². The van der Waals surface area contributed by atoms with Crippen LogP contribution in [0.2, 0.25) is 0 Å². The van der Waals surface area contributed by atoms with Crippen LogP contribution in [-0.2, 0) is 13.6 Å². The number of aromatic nitrogens is 3. The Bertz CT molecular complexity index is 640. The summed E-state index contributed by atoms with van der Waals surface area (Å²) in [7, 11) is 3.59. The maximum Gasteiger partial charge on any atom is 0.191 e. The Morgan fingerprint density at radius 3 is 2.58 bits per heavy atom. The average Bonchev–Trinajstić information content (AvgIpc) is 2.95. The summed E-state index contributed by atoms with van der Waals surface area (Å²) >= 11 is 0. The predicted octanol–water partition coefficient (Wildman–Crippen LogP) is 1.87. The molecule has 7 nitrogen and oxygen atoms in total. The number of aliphatic imine (C=N–C) groups is 1. The molecule has 0 aliphatic heterocycles. The van der Waals surface area contributed by atoms with Gasteiger partial charge < -0.3 is 15.4 Å². The number of rotatable bonds is 6. The molecule has 1 unspecified atom stereocenters. The zero-order valence-corrected chi connectivity index (χ0v) is 16.8. The fourth-order valence-electron chi connectivity index (χ4n) is 1.99. The molecule has 8 heteroatoms. The van der Waals surface area contributed by atoms with Crippen LogP contribution >= 0.6 is 24.0 Å². The monoisotopic (exact) mass is 444 g/mol. The summed E-state index contributed by atoms with van der Waals surface area (Å²) in [5, 5.41) is 10.5. The quantitative estimate of drug-likeness (QED) is 0.404. The summed E-state index contributed by atoms with van der Waals surface area (Å²) in [6.45, 7) is 5.28. The van der Waals surface area contributed by atoms with Crippen LogP contribution in [0.1, 0.15) is 18.3 Å². The van der Waals surface area contributed by atoms with Crippen LogP contribution in [0.25, 0.3) is 0 Å². The highest BCUT2D eigenvalue weighted by molar-refractivity contribution is 14.0. The molecule has 0 spiro atoms. The van der Waals surface area contributed by atoms with Crippen molar-refractivity contribution in [1.29, 1.82) is 0 Å². The summed E-state index contributed by atoms with van der Waals surface area (Å²) < 4.78 is 7.59. The summed E-state index contributed by atoms with van der Waals surface area (Å²) in [6, 6.07) is 8.04. The third kappa shape index (κ3) is 6.34. The number of guanidine groups is 1. The van der Waals surface area contributed by atoms with E-state index in [1.165, 1.54) is 11.9 Å². The lowest BCUT2D eigenvalue weighted by atomic mass is 10.2. The summed E-state index contributed by atoms with van der Waals surface area (Å²) in [6.07, 6.45) is 1.55. The molecule has 0 aliphatic rings.